The molecule has 0 aliphatic carbocycles. The average molecular weight is 247 g/mol. The van der Waals surface area contributed by atoms with E-state index in [2.05, 4.69) is 21.1 Å². The van der Waals surface area contributed by atoms with Crippen molar-refractivity contribution in [3.63, 3.8) is 0 Å². The zero-order chi connectivity index (χ0) is 11.6. The van der Waals surface area contributed by atoms with Crippen LogP contribution in [0.5, 0.6) is 0 Å². The van der Waals surface area contributed by atoms with Crippen LogP contribution in [0.15, 0.2) is 12.1 Å². The summed E-state index contributed by atoms with van der Waals surface area (Å²) in [6.07, 6.45) is 1.00. The van der Waals surface area contributed by atoms with Crippen LogP contribution < -0.4 is 0 Å². The zero-order valence-corrected chi connectivity index (χ0v) is 11.3. The molecule has 3 heteroatoms. The first-order valence-corrected chi connectivity index (χ1v) is 5.80. The molecule has 0 aliphatic rings. The van der Waals surface area contributed by atoms with Gasteiger partial charge in [-0.05, 0) is 30.2 Å². The Hall–Kier alpha value is -0.240. The molecule has 1 rings (SSSR count). The van der Waals surface area contributed by atoms with E-state index >= 15 is 0 Å². The number of likely N-dealkylation sites (N-methyl/N-ethyl adjacent to an activating group) is 1. The molecule has 15 heavy (non-hydrogen) atoms. The minimum atomic E-state index is 0.763. The van der Waals surface area contributed by atoms with Gasteiger partial charge in [-0.3, -0.25) is 0 Å². The predicted molar refractivity (Wildman–Crippen MR) is 67.8 cm³/mol. The smallest absolute Gasteiger partial charge is 0.0821 e. The first-order chi connectivity index (χ1) is 6.79. The lowest BCUT2D eigenvalue weighted by molar-refractivity contribution is -0.870. The van der Waals surface area contributed by atoms with Crippen LogP contribution in [0.1, 0.15) is 11.1 Å². The highest BCUT2D eigenvalue weighted by Gasteiger charge is 2.09. The lowest BCUT2D eigenvalue weighted by atomic mass is 10.1. The van der Waals surface area contributed by atoms with E-state index in [-0.39, 0.29) is 0 Å². The van der Waals surface area contributed by atoms with Crippen molar-refractivity contribution >= 4 is 23.2 Å². The normalized spacial score (nSPS) is 11.9. The minimum absolute atomic E-state index is 0.763. The number of quaternary nitrogens is 1. The van der Waals surface area contributed by atoms with Crippen molar-refractivity contribution in [2.45, 2.75) is 13.3 Å². The average Bonchev–Trinajstić information content (AvgIpc) is 2.09. The van der Waals surface area contributed by atoms with Crippen molar-refractivity contribution in [2.75, 3.05) is 27.7 Å². The van der Waals surface area contributed by atoms with Crippen molar-refractivity contribution in [1.82, 2.24) is 0 Å². The summed E-state index contributed by atoms with van der Waals surface area (Å²) in [5.41, 5.74) is 2.18. The maximum Gasteiger partial charge on any atom is 0.0821 e. The molecule has 0 aliphatic heterocycles. The lowest BCUT2D eigenvalue weighted by Gasteiger charge is -2.23. The van der Waals surface area contributed by atoms with Gasteiger partial charge in [0.25, 0.3) is 0 Å². The van der Waals surface area contributed by atoms with Gasteiger partial charge < -0.3 is 4.48 Å². The van der Waals surface area contributed by atoms with Gasteiger partial charge in [0.2, 0.25) is 0 Å². The Balaban J connectivity index is 2.80. The number of rotatable bonds is 3. The van der Waals surface area contributed by atoms with Gasteiger partial charge >= 0.3 is 0 Å². The third-order valence-corrected chi connectivity index (χ3v) is 3.20. The van der Waals surface area contributed by atoms with Crippen LogP contribution in [0.3, 0.4) is 0 Å². The molecule has 0 N–H and O–H groups in total. The fourth-order valence-electron chi connectivity index (χ4n) is 1.31. The zero-order valence-electron chi connectivity index (χ0n) is 9.77. The summed E-state index contributed by atoms with van der Waals surface area (Å²) in [6.45, 7) is 3.02. The monoisotopic (exact) mass is 246 g/mol. The maximum absolute atomic E-state index is 6.08. The van der Waals surface area contributed by atoms with Crippen molar-refractivity contribution < 1.29 is 4.48 Å². The SMILES string of the molecule is Cc1c(Cl)cc(CC[N+](C)(C)C)cc1Cl. The van der Waals surface area contributed by atoms with Crippen LogP contribution in [-0.4, -0.2) is 32.2 Å². The van der Waals surface area contributed by atoms with Gasteiger partial charge in [-0.2, -0.15) is 0 Å². The third-order valence-electron chi connectivity index (χ3n) is 2.41. The second-order valence-corrected chi connectivity index (χ2v) is 5.76. The molecule has 0 heterocycles. The van der Waals surface area contributed by atoms with E-state index in [1.807, 2.05) is 19.1 Å². The van der Waals surface area contributed by atoms with Crippen LogP contribution in [0.25, 0.3) is 0 Å². The molecule has 0 saturated heterocycles. The second-order valence-electron chi connectivity index (χ2n) is 4.95. The van der Waals surface area contributed by atoms with Crippen molar-refractivity contribution in [3.05, 3.63) is 33.3 Å². The van der Waals surface area contributed by atoms with E-state index in [0.29, 0.717) is 0 Å². The Morgan fingerprint density at radius 1 is 1.07 bits per heavy atom. The van der Waals surface area contributed by atoms with Crippen LogP contribution >= 0.6 is 23.2 Å². The summed E-state index contributed by atoms with van der Waals surface area (Å²) in [6, 6.07) is 4.02. The van der Waals surface area contributed by atoms with E-state index in [1.54, 1.807) is 0 Å². The Morgan fingerprint density at radius 2 is 1.53 bits per heavy atom. The topological polar surface area (TPSA) is 0 Å². The van der Waals surface area contributed by atoms with Crippen LogP contribution in [0, 0.1) is 6.92 Å². The van der Waals surface area contributed by atoms with E-state index in [1.165, 1.54) is 5.56 Å². The molecule has 0 radical (unpaired) electrons. The molecule has 1 aromatic carbocycles. The second kappa shape index (κ2) is 4.73. The predicted octanol–water partition coefficient (Wildman–Crippen LogP) is 3.55. The van der Waals surface area contributed by atoms with Crippen molar-refractivity contribution in [2.24, 2.45) is 0 Å². The Labute approximate surface area is 102 Å². The van der Waals surface area contributed by atoms with Crippen molar-refractivity contribution in [1.29, 1.82) is 0 Å². The molecule has 0 atom stereocenters. The fourth-order valence-corrected chi connectivity index (χ4v) is 1.84. The van der Waals surface area contributed by atoms with Gasteiger partial charge in [0.15, 0.2) is 0 Å². The van der Waals surface area contributed by atoms with Gasteiger partial charge in [-0.15, -0.1) is 0 Å². The van der Waals surface area contributed by atoms with E-state index in [0.717, 1.165) is 33.1 Å². The highest BCUT2D eigenvalue weighted by molar-refractivity contribution is 6.36. The van der Waals surface area contributed by atoms with Crippen LogP contribution in [-0.2, 0) is 6.42 Å². The Bertz CT molecular complexity index is 330. The number of benzene rings is 1. The standard InChI is InChI=1S/C12H18Cl2N/c1-9-11(13)7-10(8-12(9)14)5-6-15(2,3)4/h7-8H,5-6H2,1-4H3/q+1. The van der Waals surface area contributed by atoms with E-state index < -0.39 is 0 Å². The highest BCUT2D eigenvalue weighted by atomic mass is 35.5. The number of hydrogen-bond donors (Lipinski definition) is 0. The molecule has 1 nitrogen and oxygen atoms in total. The van der Waals surface area contributed by atoms with Gasteiger partial charge in [-0.25, -0.2) is 0 Å². The Morgan fingerprint density at radius 3 is 1.93 bits per heavy atom. The highest BCUT2D eigenvalue weighted by Crippen LogP contribution is 2.25. The Kier molecular flexibility index (Phi) is 4.05. The van der Waals surface area contributed by atoms with E-state index in [9.17, 15) is 0 Å². The quantitative estimate of drug-likeness (QED) is 0.716. The largest absolute Gasteiger partial charge is 0.331 e. The van der Waals surface area contributed by atoms with Crippen LogP contribution in [0.4, 0.5) is 0 Å². The van der Waals surface area contributed by atoms with E-state index in [4.69, 9.17) is 23.2 Å². The summed E-state index contributed by atoms with van der Waals surface area (Å²) in [5, 5.41) is 1.53. The molecule has 1 aromatic rings. The van der Waals surface area contributed by atoms with Gasteiger partial charge in [0.1, 0.15) is 0 Å². The molecule has 0 amide bonds. The first-order valence-electron chi connectivity index (χ1n) is 5.04. The molecule has 0 saturated carbocycles. The van der Waals surface area contributed by atoms with Gasteiger partial charge in [-0.1, -0.05) is 23.2 Å². The molecule has 84 valence electrons. The molecule has 0 fully saturated rings. The number of halogens is 2. The summed E-state index contributed by atoms with van der Waals surface area (Å²) >= 11 is 12.2. The van der Waals surface area contributed by atoms with Gasteiger partial charge in [0.05, 0.1) is 27.7 Å². The first kappa shape index (κ1) is 12.8. The summed E-state index contributed by atoms with van der Waals surface area (Å²) in [7, 11) is 6.53. The maximum atomic E-state index is 6.08. The lowest BCUT2D eigenvalue weighted by Crippen LogP contribution is -2.36. The molecule has 0 spiro atoms. The molecule has 0 bridgehead atoms. The third kappa shape index (κ3) is 4.02. The van der Waals surface area contributed by atoms with Crippen LogP contribution in [0.2, 0.25) is 10.0 Å². The summed E-state index contributed by atoms with van der Waals surface area (Å²) in [4.78, 5) is 0. The number of nitrogens with zero attached hydrogens (tertiary/aromatic N) is 1. The fraction of sp³-hybridized carbons (Fsp3) is 0.500. The molecule has 0 aromatic heterocycles. The molecule has 0 unspecified atom stereocenters. The minimum Gasteiger partial charge on any atom is -0.331 e. The summed E-state index contributed by atoms with van der Waals surface area (Å²) < 4.78 is 0.948. The van der Waals surface area contributed by atoms with Crippen molar-refractivity contribution in [3.8, 4) is 0 Å². The number of hydrogen-bond acceptors (Lipinski definition) is 0. The molecular weight excluding hydrogens is 229 g/mol. The van der Waals surface area contributed by atoms with Gasteiger partial charge in [0, 0.05) is 16.5 Å². The molecular formula is C12H18Cl2N+. The summed E-state index contributed by atoms with van der Waals surface area (Å²) in [5.74, 6) is 0.